The lowest BCUT2D eigenvalue weighted by Crippen LogP contribution is -2.12. The lowest BCUT2D eigenvalue weighted by Gasteiger charge is -2.20. The number of halogens is 2. The molecule has 0 heterocycles. The Hall–Kier alpha value is -2.41. The minimum Gasteiger partial charge on any atom is -0.340 e. The summed E-state index contributed by atoms with van der Waals surface area (Å²) >= 11 is 0. The van der Waals surface area contributed by atoms with E-state index in [9.17, 15) is 8.78 Å². The summed E-state index contributed by atoms with van der Waals surface area (Å²) in [5.41, 5.74) is 0.735. The van der Waals surface area contributed by atoms with Crippen LogP contribution in [0.15, 0.2) is 42.5 Å². The number of anilines is 2. The predicted octanol–water partition coefficient (Wildman–Crippen LogP) is 3.60. The summed E-state index contributed by atoms with van der Waals surface area (Å²) in [5, 5.41) is 8.66. The molecule has 0 aliphatic heterocycles. The van der Waals surface area contributed by atoms with E-state index >= 15 is 0 Å². The van der Waals surface area contributed by atoms with E-state index in [1.807, 2.05) is 6.07 Å². The minimum absolute atomic E-state index is 0.221. The molecule has 0 aromatic heterocycles. The van der Waals surface area contributed by atoms with Crippen molar-refractivity contribution in [2.45, 2.75) is 0 Å². The molecule has 2 aromatic carbocycles. The largest absolute Gasteiger partial charge is 0.340 e. The first-order valence-electron chi connectivity index (χ1n) is 5.31. The lowest BCUT2D eigenvalue weighted by molar-refractivity contribution is 0.617. The molecule has 2 nitrogen and oxygen atoms in total. The summed E-state index contributed by atoms with van der Waals surface area (Å²) < 4.78 is 27.4. The number of nitriles is 1. The summed E-state index contributed by atoms with van der Waals surface area (Å²) in [6.45, 7) is 0. The maximum atomic E-state index is 13.8. The van der Waals surface area contributed by atoms with E-state index < -0.39 is 11.6 Å². The Morgan fingerprint density at radius 1 is 1.00 bits per heavy atom. The number of rotatable bonds is 2. The van der Waals surface area contributed by atoms with Crippen LogP contribution in [0.1, 0.15) is 5.56 Å². The van der Waals surface area contributed by atoms with Crippen molar-refractivity contribution >= 4 is 11.4 Å². The lowest BCUT2D eigenvalue weighted by atomic mass is 10.2. The second-order valence-corrected chi connectivity index (χ2v) is 3.79. The van der Waals surface area contributed by atoms with Gasteiger partial charge in [0, 0.05) is 7.05 Å². The molecule has 0 saturated heterocycles. The second-order valence-electron chi connectivity index (χ2n) is 3.79. The molecular formula is C14H10F2N2. The number of hydrogen-bond donors (Lipinski definition) is 0. The molecule has 4 heteroatoms. The van der Waals surface area contributed by atoms with Crippen molar-refractivity contribution in [3.05, 3.63) is 59.7 Å². The first-order valence-corrected chi connectivity index (χ1v) is 5.31. The average Bonchev–Trinajstić information content (AvgIpc) is 2.38. The zero-order valence-electron chi connectivity index (χ0n) is 9.69. The molecule has 0 bridgehead atoms. The topological polar surface area (TPSA) is 27.0 Å². The maximum Gasteiger partial charge on any atom is 0.148 e. The molecule has 0 atom stereocenters. The van der Waals surface area contributed by atoms with Gasteiger partial charge in [0.1, 0.15) is 11.6 Å². The Morgan fingerprint density at radius 3 is 2.28 bits per heavy atom. The number of para-hydroxylation sites is 1. The molecular weight excluding hydrogens is 234 g/mol. The van der Waals surface area contributed by atoms with Gasteiger partial charge in [-0.2, -0.15) is 5.26 Å². The maximum absolute atomic E-state index is 13.8. The molecule has 90 valence electrons. The van der Waals surface area contributed by atoms with E-state index in [2.05, 4.69) is 0 Å². The van der Waals surface area contributed by atoms with Crippen LogP contribution in [0.25, 0.3) is 0 Å². The van der Waals surface area contributed by atoms with Crippen LogP contribution in [-0.4, -0.2) is 7.05 Å². The molecule has 0 fully saturated rings. The van der Waals surface area contributed by atoms with Gasteiger partial charge in [0.25, 0.3) is 0 Å². The van der Waals surface area contributed by atoms with E-state index in [0.29, 0.717) is 0 Å². The van der Waals surface area contributed by atoms with Crippen LogP contribution < -0.4 is 4.90 Å². The van der Waals surface area contributed by atoms with E-state index in [1.54, 1.807) is 25.2 Å². The third-order valence-corrected chi connectivity index (χ3v) is 2.65. The van der Waals surface area contributed by atoms with Crippen molar-refractivity contribution in [1.29, 1.82) is 5.26 Å². The van der Waals surface area contributed by atoms with Gasteiger partial charge in [-0.05, 0) is 30.3 Å². The predicted molar refractivity (Wildman–Crippen MR) is 65.6 cm³/mol. The average molecular weight is 244 g/mol. The molecule has 2 rings (SSSR count). The van der Waals surface area contributed by atoms with Crippen molar-refractivity contribution in [2.24, 2.45) is 0 Å². The molecule has 0 N–H and O–H groups in total. The van der Waals surface area contributed by atoms with Gasteiger partial charge in [0.15, 0.2) is 0 Å². The summed E-state index contributed by atoms with van der Waals surface area (Å²) in [5.74, 6) is -0.983. The van der Waals surface area contributed by atoms with Gasteiger partial charge in [-0.25, -0.2) is 8.78 Å². The highest BCUT2D eigenvalue weighted by molar-refractivity contribution is 5.64. The Bertz CT molecular complexity index is 617. The molecule has 0 spiro atoms. The zero-order chi connectivity index (χ0) is 13.1. The minimum atomic E-state index is -0.556. The van der Waals surface area contributed by atoms with Gasteiger partial charge in [-0.3, -0.25) is 0 Å². The molecule has 0 unspecified atom stereocenters. The SMILES string of the molecule is CN(c1ccccc1F)c1ccc(C#N)cc1F. The number of nitrogens with zero attached hydrogens (tertiary/aromatic N) is 2. The quantitative estimate of drug-likeness (QED) is 0.807. The first-order chi connectivity index (χ1) is 8.63. The smallest absolute Gasteiger partial charge is 0.148 e. The summed E-state index contributed by atoms with van der Waals surface area (Å²) in [6.07, 6.45) is 0. The van der Waals surface area contributed by atoms with Gasteiger partial charge in [0.2, 0.25) is 0 Å². The van der Waals surface area contributed by atoms with E-state index in [0.717, 1.165) is 6.07 Å². The van der Waals surface area contributed by atoms with Crippen LogP contribution in [0.2, 0.25) is 0 Å². The molecule has 2 aromatic rings. The molecule has 18 heavy (non-hydrogen) atoms. The third kappa shape index (κ3) is 2.16. The van der Waals surface area contributed by atoms with Crippen LogP contribution in [0.5, 0.6) is 0 Å². The Kier molecular flexibility index (Phi) is 3.24. The van der Waals surface area contributed by atoms with Gasteiger partial charge >= 0.3 is 0 Å². The van der Waals surface area contributed by atoms with E-state index in [1.165, 1.54) is 23.1 Å². The monoisotopic (exact) mass is 244 g/mol. The summed E-state index contributed by atoms with van der Waals surface area (Å²) in [4.78, 5) is 1.41. The fraction of sp³-hybridized carbons (Fsp3) is 0.0714. The highest BCUT2D eigenvalue weighted by Crippen LogP contribution is 2.28. The highest BCUT2D eigenvalue weighted by atomic mass is 19.1. The van der Waals surface area contributed by atoms with Crippen molar-refractivity contribution in [1.82, 2.24) is 0 Å². The van der Waals surface area contributed by atoms with Gasteiger partial charge < -0.3 is 4.90 Å². The molecule has 0 aliphatic carbocycles. The molecule has 0 saturated carbocycles. The standard InChI is InChI=1S/C14H10F2N2/c1-18(13-5-3-2-4-11(13)15)14-7-6-10(9-17)8-12(14)16/h2-8H,1H3. The molecule has 0 aliphatic rings. The molecule has 0 amide bonds. The van der Waals surface area contributed by atoms with Crippen LogP contribution in [-0.2, 0) is 0 Å². The summed E-state index contributed by atoms with van der Waals surface area (Å²) in [7, 11) is 1.57. The third-order valence-electron chi connectivity index (χ3n) is 2.65. The van der Waals surface area contributed by atoms with Crippen LogP contribution in [0, 0.1) is 23.0 Å². The van der Waals surface area contributed by atoms with Gasteiger partial charge in [0.05, 0.1) is 23.0 Å². The fourth-order valence-electron chi connectivity index (χ4n) is 1.70. The number of benzene rings is 2. The Labute approximate surface area is 104 Å². The fourth-order valence-corrected chi connectivity index (χ4v) is 1.70. The normalized spacial score (nSPS) is 9.89. The Balaban J connectivity index is 2.44. The molecule has 0 radical (unpaired) electrons. The second kappa shape index (κ2) is 4.84. The van der Waals surface area contributed by atoms with Crippen molar-refractivity contribution < 1.29 is 8.78 Å². The van der Waals surface area contributed by atoms with Crippen LogP contribution >= 0.6 is 0 Å². The van der Waals surface area contributed by atoms with Crippen LogP contribution in [0.3, 0.4) is 0 Å². The Morgan fingerprint density at radius 2 is 1.67 bits per heavy atom. The highest BCUT2D eigenvalue weighted by Gasteiger charge is 2.13. The van der Waals surface area contributed by atoms with Crippen molar-refractivity contribution in [3.63, 3.8) is 0 Å². The van der Waals surface area contributed by atoms with Crippen molar-refractivity contribution in [2.75, 3.05) is 11.9 Å². The summed E-state index contributed by atoms with van der Waals surface area (Å²) in [6, 6.07) is 12.1. The van der Waals surface area contributed by atoms with Crippen molar-refractivity contribution in [3.8, 4) is 6.07 Å². The first kappa shape index (κ1) is 12.1. The zero-order valence-corrected chi connectivity index (χ0v) is 9.69. The van der Waals surface area contributed by atoms with Gasteiger partial charge in [-0.15, -0.1) is 0 Å². The number of hydrogen-bond acceptors (Lipinski definition) is 2. The van der Waals surface area contributed by atoms with E-state index in [-0.39, 0.29) is 16.9 Å². The van der Waals surface area contributed by atoms with E-state index in [4.69, 9.17) is 5.26 Å². The van der Waals surface area contributed by atoms with Crippen LogP contribution in [0.4, 0.5) is 20.2 Å². The van der Waals surface area contributed by atoms with Gasteiger partial charge in [-0.1, -0.05) is 12.1 Å².